The van der Waals surface area contributed by atoms with Gasteiger partial charge in [-0.1, -0.05) is 48.5 Å². The van der Waals surface area contributed by atoms with Crippen molar-refractivity contribution in [1.29, 1.82) is 0 Å². The van der Waals surface area contributed by atoms with Gasteiger partial charge in [-0.15, -0.1) is 0 Å². The van der Waals surface area contributed by atoms with Gasteiger partial charge in [0.1, 0.15) is 0 Å². The maximum atomic E-state index is 12.2. The number of carbonyl (C=O) groups is 1. The molecule has 0 heterocycles. The summed E-state index contributed by atoms with van der Waals surface area (Å²) in [5.74, 6) is -0.156. The summed E-state index contributed by atoms with van der Waals surface area (Å²) in [6.07, 6.45) is 0. The number of hydrogen-bond acceptors (Lipinski definition) is 2. The van der Waals surface area contributed by atoms with Gasteiger partial charge in [-0.3, -0.25) is 9.63 Å². The number of amides is 1. The van der Waals surface area contributed by atoms with Crippen molar-refractivity contribution in [2.75, 3.05) is 14.2 Å². The lowest BCUT2D eigenvalue weighted by Gasteiger charge is -2.16. The Morgan fingerprint density at radius 3 is 2.28 bits per heavy atom. The van der Waals surface area contributed by atoms with E-state index in [2.05, 4.69) is 0 Å². The van der Waals surface area contributed by atoms with Gasteiger partial charge in [0.05, 0.1) is 7.11 Å². The third kappa shape index (κ3) is 2.41. The molecule has 2 aromatic rings. The molecule has 0 bridgehead atoms. The Morgan fingerprint density at radius 1 is 1.00 bits per heavy atom. The first kappa shape index (κ1) is 12.3. The van der Waals surface area contributed by atoms with Crippen molar-refractivity contribution in [1.82, 2.24) is 5.06 Å². The lowest BCUT2D eigenvalue weighted by molar-refractivity contribution is -0.0756. The second-order valence-electron chi connectivity index (χ2n) is 3.90. The Hall–Kier alpha value is -2.13. The smallest absolute Gasteiger partial charge is 0.274 e. The molecule has 0 spiro atoms. The minimum Gasteiger partial charge on any atom is -0.274 e. The van der Waals surface area contributed by atoms with E-state index in [1.165, 1.54) is 12.2 Å². The molecule has 0 unspecified atom stereocenters. The molecule has 2 aromatic carbocycles. The molecule has 0 aliphatic carbocycles. The summed E-state index contributed by atoms with van der Waals surface area (Å²) in [6, 6.07) is 17.3. The van der Waals surface area contributed by atoms with E-state index in [0.29, 0.717) is 5.56 Å². The minimum atomic E-state index is -0.156. The third-order valence-electron chi connectivity index (χ3n) is 2.80. The first-order chi connectivity index (χ1) is 8.74. The summed E-state index contributed by atoms with van der Waals surface area (Å²) < 4.78 is 0. The summed E-state index contributed by atoms with van der Waals surface area (Å²) in [6.45, 7) is 0. The van der Waals surface area contributed by atoms with Crippen LogP contribution in [0.2, 0.25) is 0 Å². The van der Waals surface area contributed by atoms with Crippen LogP contribution in [0.25, 0.3) is 11.1 Å². The average molecular weight is 241 g/mol. The van der Waals surface area contributed by atoms with Gasteiger partial charge in [-0.05, 0) is 17.2 Å². The number of carbonyl (C=O) groups excluding carboxylic acids is 1. The fraction of sp³-hybridized carbons (Fsp3) is 0.133. The van der Waals surface area contributed by atoms with Crippen LogP contribution in [-0.4, -0.2) is 25.1 Å². The van der Waals surface area contributed by atoms with Crippen LogP contribution < -0.4 is 0 Å². The SMILES string of the molecule is CON(C)C(=O)c1ccccc1-c1ccccc1. The van der Waals surface area contributed by atoms with Crippen LogP contribution in [0.1, 0.15) is 10.4 Å². The molecule has 0 aliphatic rings. The highest BCUT2D eigenvalue weighted by molar-refractivity contribution is 6.00. The average Bonchev–Trinajstić information content (AvgIpc) is 2.46. The van der Waals surface area contributed by atoms with Crippen molar-refractivity contribution in [3.63, 3.8) is 0 Å². The summed E-state index contributed by atoms with van der Waals surface area (Å²) in [7, 11) is 3.08. The van der Waals surface area contributed by atoms with Gasteiger partial charge < -0.3 is 0 Å². The van der Waals surface area contributed by atoms with Crippen LogP contribution >= 0.6 is 0 Å². The maximum Gasteiger partial charge on any atom is 0.277 e. The van der Waals surface area contributed by atoms with Gasteiger partial charge in [0, 0.05) is 12.6 Å². The molecule has 0 saturated heterocycles. The molecule has 0 aliphatic heterocycles. The summed E-state index contributed by atoms with van der Waals surface area (Å²) in [4.78, 5) is 17.1. The minimum absolute atomic E-state index is 0.156. The first-order valence-electron chi connectivity index (χ1n) is 5.70. The van der Waals surface area contributed by atoms with Crippen molar-refractivity contribution in [3.05, 3.63) is 60.2 Å². The van der Waals surface area contributed by atoms with Gasteiger partial charge in [0.2, 0.25) is 0 Å². The number of rotatable bonds is 3. The van der Waals surface area contributed by atoms with Crippen LogP contribution in [0.3, 0.4) is 0 Å². The molecule has 3 heteroatoms. The van der Waals surface area contributed by atoms with Crippen molar-refractivity contribution in [3.8, 4) is 11.1 Å². The van der Waals surface area contributed by atoms with E-state index in [1.807, 2.05) is 48.5 Å². The topological polar surface area (TPSA) is 29.5 Å². The van der Waals surface area contributed by atoms with Gasteiger partial charge in [-0.25, -0.2) is 5.06 Å². The molecular formula is C15H15NO2. The Labute approximate surface area is 107 Å². The number of hydroxylamine groups is 2. The largest absolute Gasteiger partial charge is 0.277 e. The van der Waals surface area contributed by atoms with E-state index < -0.39 is 0 Å². The number of hydrogen-bond donors (Lipinski definition) is 0. The summed E-state index contributed by atoms with van der Waals surface area (Å²) >= 11 is 0. The highest BCUT2D eigenvalue weighted by Crippen LogP contribution is 2.24. The molecule has 0 fully saturated rings. The highest BCUT2D eigenvalue weighted by atomic mass is 16.7. The Kier molecular flexibility index (Phi) is 3.75. The lowest BCUT2D eigenvalue weighted by Crippen LogP contribution is -2.25. The number of benzene rings is 2. The second-order valence-corrected chi connectivity index (χ2v) is 3.90. The molecule has 0 atom stereocenters. The standard InChI is InChI=1S/C15H15NO2/c1-16(18-2)15(17)14-11-7-6-10-13(14)12-8-4-3-5-9-12/h3-11H,1-2H3. The molecule has 1 amide bonds. The zero-order valence-corrected chi connectivity index (χ0v) is 10.5. The van der Waals surface area contributed by atoms with Gasteiger partial charge in [0.25, 0.3) is 5.91 Å². The van der Waals surface area contributed by atoms with Crippen molar-refractivity contribution >= 4 is 5.91 Å². The van der Waals surface area contributed by atoms with E-state index >= 15 is 0 Å². The van der Waals surface area contributed by atoms with Gasteiger partial charge >= 0.3 is 0 Å². The molecule has 92 valence electrons. The molecule has 2 rings (SSSR count). The van der Waals surface area contributed by atoms with Crippen LogP contribution in [0.15, 0.2) is 54.6 Å². The predicted molar refractivity (Wildman–Crippen MR) is 71.0 cm³/mol. The third-order valence-corrected chi connectivity index (χ3v) is 2.80. The zero-order chi connectivity index (χ0) is 13.0. The molecule has 18 heavy (non-hydrogen) atoms. The van der Waals surface area contributed by atoms with Crippen molar-refractivity contribution in [2.24, 2.45) is 0 Å². The summed E-state index contributed by atoms with van der Waals surface area (Å²) in [5, 5.41) is 1.22. The van der Waals surface area contributed by atoms with Crippen LogP contribution in [-0.2, 0) is 4.84 Å². The molecule has 0 aromatic heterocycles. The van der Waals surface area contributed by atoms with Crippen LogP contribution in [0.4, 0.5) is 0 Å². The second kappa shape index (κ2) is 5.47. The molecule has 0 radical (unpaired) electrons. The van der Waals surface area contributed by atoms with Gasteiger partial charge in [-0.2, -0.15) is 0 Å². The zero-order valence-electron chi connectivity index (χ0n) is 10.5. The Balaban J connectivity index is 2.47. The fourth-order valence-electron chi connectivity index (χ4n) is 1.79. The van der Waals surface area contributed by atoms with Crippen LogP contribution in [0.5, 0.6) is 0 Å². The van der Waals surface area contributed by atoms with E-state index in [0.717, 1.165) is 11.1 Å². The van der Waals surface area contributed by atoms with E-state index in [-0.39, 0.29) is 5.91 Å². The normalized spacial score (nSPS) is 10.1. The monoisotopic (exact) mass is 241 g/mol. The fourth-order valence-corrected chi connectivity index (χ4v) is 1.79. The lowest BCUT2D eigenvalue weighted by atomic mass is 9.99. The summed E-state index contributed by atoms with van der Waals surface area (Å²) in [5.41, 5.74) is 2.56. The maximum absolute atomic E-state index is 12.2. The van der Waals surface area contributed by atoms with Crippen molar-refractivity contribution < 1.29 is 9.63 Å². The molecule has 0 N–H and O–H groups in total. The van der Waals surface area contributed by atoms with E-state index in [9.17, 15) is 4.79 Å². The van der Waals surface area contributed by atoms with Crippen molar-refractivity contribution in [2.45, 2.75) is 0 Å². The van der Waals surface area contributed by atoms with Crippen LogP contribution in [0, 0.1) is 0 Å². The first-order valence-corrected chi connectivity index (χ1v) is 5.70. The predicted octanol–water partition coefficient (Wildman–Crippen LogP) is 2.99. The molecular weight excluding hydrogens is 226 g/mol. The van der Waals surface area contributed by atoms with E-state index in [4.69, 9.17) is 4.84 Å². The number of nitrogens with zero attached hydrogens (tertiary/aromatic N) is 1. The quantitative estimate of drug-likeness (QED) is 0.773. The Bertz CT molecular complexity index is 537. The van der Waals surface area contributed by atoms with E-state index in [1.54, 1.807) is 13.1 Å². The Morgan fingerprint density at radius 2 is 1.61 bits per heavy atom. The molecule has 3 nitrogen and oxygen atoms in total. The molecule has 0 saturated carbocycles. The van der Waals surface area contributed by atoms with Gasteiger partial charge in [0.15, 0.2) is 0 Å². The highest BCUT2D eigenvalue weighted by Gasteiger charge is 2.15.